The monoisotopic (exact) mass is 358 g/mol. The fourth-order valence-corrected chi connectivity index (χ4v) is 0. The fourth-order valence-electron chi connectivity index (χ4n) is 0. The third-order valence-corrected chi connectivity index (χ3v) is 0.485. The van der Waals surface area contributed by atoms with E-state index in [1.54, 1.807) is 0 Å². The summed E-state index contributed by atoms with van der Waals surface area (Å²) >= 11 is 0. The van der Waals surface area contributed by atoms with Crippen LogP contribution in [0.1, 0.15) is 0 Å². The van der Waals surface area contributed by atoms with Crippen molar-refractivity contribution in [3.05, 3.63) is 0 Å². The van der Waals surface area contributed by atoms with E-state index >= 15 is 0 Å². The predicted octanol–water partition coefficient (Wildman–Crippen LogP) is -2.03. The van der Waals surface area contributed by atoms with E-state index in [1.807, 2.05) is 0 Å². The number of hydrogen-bond acceptors (Lipinski definition) is 2. The van der Waals surface area contributed by atoms with E-state index in [1.165, 1.54) is 0 Å². The van der Waals surface area contributed by atoms with E-state index in [4.69, 9.17) is 19.8 Å². The summed E-state index contributed by atoms with van der Waals surface area (Å²) in [6, 6.07) is 0. The maximum absolute atomic E-state index is 10.6. The number of alkyl halides is 6. The van der Waals surface area contributed by atoms with Crippen LogP contribution in [0.15, 0.2) is 0 Å². The largest absolute Gasteiger partial charge is 0.490 e. The van der Waals surface area contributed by atoms with Crippen molar-refractivity contribution < 1.29 is 84.5 Å². The van der Waals surface area contributed by atoms with Gasteiger partial charge in [-0.25, -0.2) is 9.59 Å². The summed E-state index contributed by atoms with van der Waals surface area (Å²) in [6.07, 6.45) is -10.2. The van der Waals surface area contributed by atoms with E-state index in [-0.39, 0.29) is 38.4 Å². The van der Waals surface area contributed by atoms with Crippen LogP contribution < -0.4 is 0 Å². The summed E-state index contributed by atoms with van der Waals surface area (Å²) in [5.41, 5.74) is 0. The number of rotatable bonds is 0. The van der Waals surface area contributed by atoms with Crippen LogP contribution in [0.3, 0.4) is 0 Å². The van der Waals surface area contributed by atoms with Gasteiger partial charge in [0.05, 0.1) is 0 Å². The van der Waals surface area contributed by atoms with Crippen molar-refractivity contribution in [2.45, 2.75) is 12.4 Å². The third kappa shape index (κ3) is 31.6. The molecule has 0 aliphatic rings. The van der Waals surface area contributed by atoms with Gasteiger partial charge in [-0.2, -0.15) is 26.3 Å². The zero-order chi connectivity index (χ0) is 12.2. The second kappa shape index (κ2) is 14.9. The zero-order valence-electron chi connectivity index (χ0n) is 8.29. The Morgan fingerprint density at radius 2 is 0.684 bits per heavy atom. The average molecular weight is 359 g/mol. The van der Waals surface area contributed by atoms with Crippen molar-refractivity contribution in [2.75, 3.05) is 0 Å². The van der Waals surface area contributed by atoms with Crippen LogP contribution in [0.4, 0.5) is 26.3 Å². The summed E-state index contributed by atoms with van der Waals surface area (Å²) in [7, 11) is 0. The first-order valence-corrected chi connectivity index (χ1v) is 2.49. The Morgan fingerprint density at radius 3 is 0.684 bits per heavy atom. The molecule has 0 spiro atoms. The van der Waals surface area contributed by atoms with E-state index in [2.05, 4.69) is 0 Å². The van der Waals surface area contributed by atoms with Gasteiger partial charge in [-0.05, 0) is 0 Å². The first-order valence-electron chi connectivity index (χ1n) is 2.49. The number of carboxylic acid groups (broad SMARTS) is 2. The topological polar surface area (TPSA) is 201 Å². The number of carbonyl (C=O) groups is 2. The van der Waals surface area contributed by atoms with E-state index in [0.717, 1.165) is 0 Å². The van der Waals surface area contributed by atoms with Gasteiger partial charge in [0.1, 0.15) is 0 Å². The molecular formula is C4H10F6NiO8. The molecule has 0 atom stereocenters. The molecule has 19 heavy (non-hydrogen) atoms. The van der Waals surface area contributed by atoms with Gasteiger partial charge in [0, 0.05) is 16.5 Å². The van der Waals surface area contributed by atoms with Crippen molar-refractivity contribution in [1.82, 2.24) is 0 Å². The standard InChI is InChI=1S/2C2HF3O2.Ni.4H2O/c2*3-2(4,5)1(6)7;;;;;/h2*(H,6,7);;4*1H2. The molecule has 0 saturated heterocycles. The summed E-state index contributed by atoms with van der Waals surface area (Å²) in [5, 5.41) is 14.2. The molecule has 126 valence electrons. The second-order valence-electron chi connectivity index (χ2n) is 1.61. The molecule has 0 fully saturated rings. The number of carboxylic acids is 2. The van der Waals surface area contributed by atoms with Gasteiger partial charge in [0.2, 0.25) is 0 Å². The molecule has 0 heterocycles. The molecule has 0 aromatic carbocycles. The van der Waals surface area contributed by atoms with Gasteiger partial charge in [-0.3, -0.25) is 0 Å². The second-order valence-corrected chi connectivity index (χ2v) is 1.61. The molecule has 0 amide bonds. The summed E-state index contributed by atoms with van der Waals surface area (Å²) < 4.78 is 63.5. The quantitative estimate of drug-likeness (QED) is 0.371. The van der Waals surface area contributed by atoms with Crippen LogP contribution in [0.2, 0.25) is 0 Å². The Balaban J connectivity index is -0.0000000240. The SMILES string of the molecule is O.O.O.O.O=C(O)C(F)(F)F.O=C(O)C(F)(F)F.[Ni]. The first-order chi connectivity index (χ1) is 5.89. The average Bonchev–Trinajstić information content (AvgIpc) is 1.83. The van der Waals surface area contributed by atoms with Crippen molar-refractivity contribution in [3.8, 4) is 0 Å². The van der Waals surface area contributed by atoms with Crippen LogP contribution in [-0.2, 0) is 26.1 Å². The summed E-state index contributed by atoms with van der Waals surface area (Å²) in [6.45, 7) is 0. The van der Waals surface area contributed by atoms with Crippen molar-refractivity contribution >= 4 is 11.9 Å². The minimum absolute atomic E-state index is 0. The molecule has 0 aliphatic carbocycles. The van der Waals surface area contributed by atoms with E-state index < -0.39 is 24.3 Å². The molecule has 0 aromatic heterocycles. The maximum atomic E-state index is 10.6. The Kier molecular flexibility index (Phi) is 33.8. The normalized spacial score (nSPS) is 8.32. The molecule has 0 saturated carbocycles. The van der Waals surface area contributed by atoms with Crippen LogP contribution in [-0.4, -0.2) is 56.4 Å². The molecule has 0 bridgehead atoms. The number of aliphatic carboxylic acids is 2. The zero-order valence-corrected chi connectivity index (χ0v) is 9.28. The molecular weight excluding hydrogens is 349 g/mol. The molecule has 0 radical (unpaired) electrons. The first kappa shape index (κ1) is 43.0. The van der Waals surface area contributed by atoms with Crippen LogP contribution >= 0.6 is 0 Å². The van der Waals surface area contributed by atoms with Gasteiger partial charge in [0.15, 0.2) is 0 Å². The minimum atomic E-state index is -5.08. The smallest absolute Gasteiger partial charge is 0.475 e. The molecule has 15 heteroatoms. The molecule has 0 rings (SSSR count). The Morgan fingerprint density at radius 1 is 0.632 bits per heavy atom. The van der Waals surface area contributed by atoms with Crippen LogP contribution in [0.5, 0.6) is 0 Å². The number of hydrogen-bond donors (Lipinski definition) is 2. The Labute approximate surface area is 110 Å². The van der Waals surface area contributed by atoms with Crippen molar-refractivity contribution in [2.24, 2.45) is 0 Å². The Hall–Kier alpha value is -1.15. The van der Waals surface area contributed by atoms with Gasteiger partial charge in [0.25, 0.3) is 0 Å². The number of halogens is 6. The molecule has 0 aromatic rings. The van der Waals surface area contributed by atoms with E-state index in [0.29, 0.717) is 0 Å². The predicted molar refractivity (Wildman–Crippen MR) is 41.8 cm³/mol. The third-order valence-electron chi connectivity index (χ3n) is 0.485. The fraction of sp³-hybridized carbons (Fsp3) is 0.500. The van der Waals surface area contributed by atoms with Crippen LogP contribution in [0.25, 0.3) is 0 Å². The minimum Gasteiger partial charge on any atom is -0.475 e. The summed E-state index contributed by atoms with van der Waals surface area (Å²) in [4.78, 5) is 17.8. The van der Waals surface area contributed by atoms with Gasteiger partial charge in [-0.1, -0.05) is 0 Å². The molecule has 10 N–H and O–H groups in total. The van der Waals surface area contributed by atoms with Crippen molar-refractivity contribution in [1.29, 1.82) is 0 Å². The Bertz CT molecular complexity index is 202. The van der Waals surface area contributed by atoms with Crippen LogP contribution in [0, 0.1) is 0 Å². The van der Waals surface area contributed by atoms with Gasteiger partial charge in [-0.15, -0.1) is 0 Å². The van der Waals surface area contributed by atoms with E-state index in [9.17, 15) is 26.3 Å². The maximum Gasteiger partial charge on any atom is 0.490 e. The summed E-state index contributed by atoms with van der Waals surface area (Å²) in [5.74, 6) is -5.51. The molecule has 8 nitrogen and oxygen atoms in total. The molecule has 0 unspecified atom stereocenters. The van der Waals surface area contributed by atoms with Gasteiger partial charge >= 0.3 is 24.3 Å². The molecule has 0 aliphatic heterocycles. The van der Waals surface area contributed by atoms with Gasteiger partial charge < -0.3 is 32.1 Å². The van der Waals surface area contributed by atoms with Crippen molar-refractivity contribution in [3.63, 3.8) is 0 Å².